The van der Waals surface area contributed by atoms with Gasteiger partial charge in [-0.25, -0.2) is 9.59 Å². The molecule has 0 aromatic heterocycles. The molecule has 0 atom stereocenters. The topological polar surface area (TPSA) is 95.5 Å². The molecule has 0 bridgehead atoms. The summed E-state index contributed by atoms with van der Waals surface area (Å²) in [6.07, 6.45) is 6.08. The van der Waals surface area contributed by atoms with Gasteiger partial charge in [0.25, 0.3) is 5.91 Å². The zero-order valence-electron chi connectivity index (χ0n) is 9.44. The molecule has 17 heavy (non-hydrogen) atoms. The largest absolute Gasteiger partial charge is 0.478 e. The van der Waals surface area contributed by atoms with Crippen LogP contribution in [0.4, 0.5) is 4.79 Å². The predicted molar refractivity (Wildman–Crippen MR) is 60.3 cm³/mol. The molecule has 0 spiro atoms. The second kappa shape index (κ2) is 6.67. The molecule has 0 radical (unpaired) electrons. The second-order valence-electron chi connectivity index (χ2n) is 4.00. The highest BCUT2D eigenvalue weighted by molar-refractivity contribution is 6.02. The van der Waals surface area contributed by atoms with Crippen molar-refractivity contribution in [2.24, 2.45) is 5.92 Å². The summed E-state index contributed by atoms with van der Waals surface area (Å²) < 4.78 is 0. The smallest absolute Gasteiger partial charge is 0.328 e. The highest BCUT2D eigenvalue weighted by Gasteiger charge is 2.16. The van der Waals surface area contributed by atoms with Crippen molar-refractivity contribution in [3.05, 3.63) is 12.2 Å². The lowest BCUT2D eigenvalue weighted by Crippen LogP contribution is -2.39. The van der Waals surface area contributed by atoms with E-state index in [0.717, 1.165) is 12.5 Å². The molecule has 0 aromatic rings. The number of carboxylic acids is 1. The lowest BCUT2D eigenvalue weighted by molar-refractivity contribution is -0.131. The maximum Gasteiger partial charge on any atom is 0.328 e. The molecule has 1 aliphatic rings. The van der Waals surface area contributed by atoms with Crippen molar-refractivity contribution in [1.29, 1.82) is 0 Å². The number of carboxylic acid groups (broad SMARTS) is 1. The van der Waals surface area contributed by atoms with Gasteiger partial charge in [-0.3, -0.25) is 10.1 Å². The van der Waals surface area contributed by atoms with Gasteiger partial charge in [0.1, 0.15) is 0 Å². The Labute approximate surface area is 99.1 Å². The summed E-state index contributed by atoms with van der Waals surface area (Å²) in [6.45, 7) is 0.534. The van der Waals surface area contributed by atoms with Gasteiger partial charge < -0.3 is 10.4 Å². The number of nitrogens with one attached hydrogen (secondary N) is 2. The number of amides is 3. The molecule has 1 aliphatic carbocycles. The molecule has 6 heteroatoms. The zero-order valence-corrected chi connectivity index (χ0v) is 9.44. The van der Waals surface area contributed by atoms with Crippen molar-refractivity contribution in [2.75, 3.05) is 6.54 Å². The number of urea groups is 1. The van der Waals surface area contributed by atoms with Gasteiger partial charge in [0.2, 0.25) is 0 Å². The van der Waals surface area contributed by atoms with Gasteiger partial charge >= 0.3 is 12.0 Å². The van der Waals surface area contributed by atoms with Gasteiger partial charge in [-0.2, -0.15) is 0 Å². The number of aliphatic carboxylic acids is 1. The molecule has 0 unspecified atom stereocenters. The fourth-order valence-electron chi connectivity index (χ4n) is 1.52. The predicted octanol–water partition coefficient (Wildman–Crippen LogP) is 0.643. The fraction of sp³-hybridized carbons (Fsp3) is 0.545. The van der Waals surface area contributed by atoms with E-state index in [2.05, 4.69) is 5.32 Å². The van der Waals surface area contributed by atoms with E-state index in [1.54, 1.807) is 0 Å². The molecule has 3 N–H and O–H groups in total. The van der Waals surface area contributed by atoms with Crippen LogP contribution in [0.1, 0.15) is 25.7 Å². The molecule has 1 saturated carbocycles. The Hall–Kier alpha value is -1.85. The minimum atomic E-state index is -1.23. The van der Waals surface area contributed by atoms with Gasteiger partial charge in [-0.05, 0) is 12.3 Å². The van der Waals surface area contributed by atoms with E-state index in [0.29, 0.717) is 18.5 Å². The summed E-state index contributed by atoms with van der Waals surface area (Å²) in [7, 11) is 0. The molecule has 0 aromatic carbocycles. The molecule has 0 aliphatic heterocycles. The van der Waals surface area contributed by atoms with Crippen molar-refractivity contribution in [3.63, 3.8) is 0 Å². The van der Waals surface area contributed by atoms with Crippen molar-refractivity contribution in [3.8, 4) is 0 Å². The number of imide groups is 1. The van der Waals surface area contributed by atoms with Crippen LogP contribution in [0.5, 0.6) is 0 Å². The molecule has 1 fully saturated rings. The first-order valence-corrected chi connectivity index (χ1v) is 5.57. The lowest BCUT2D eigenvalue weighted by Gasteiger charge is -2.25. The Morgan fingerprint density at radius 1 is 1.24 bits per heavy atom. The Bertz CT molecular complexity index is 334. The van der Waals surface area contributed by atoms with Crippen molar-refractivity contribution >= 4 is 17.9 Å². The summed E-state index contributed by atoms with van der Waals surface area (Å²) >= 11 is 0. The van der Waals surface area contributed by atoms with Crippen LogP contribution in [0.3, 0.4) is 0 Å². The molecular formula is C11H16N2O4. The minimum Gasteiger partial charge on any atom is -0.478 e. The maximum atomic E-state index is 11.2. The van der Waals surface area contributed by atoms with E-state index in [9.17, 15) is 14.4 Å². The van der Waals surface area contributed by atoms with Gasteiger partial charge in [-0.15, -0.1) is 0 Å². The van der Waals surface area contributed by atoms with Crippen LogP contribution in [0.2, 0.25) is 0 Å². The Morgan fingerprint density at radius 2 is 1.94 bits per heavy atom. The van der Waals surface area contributed by atoms with Crippen LogP contribution >= 0.6 is 0 Å². The molecule has 1 rings (SSSR count). The average molecular weight is 240 g/mol. The van der Waals surface area contributed by atoms with Gasteiger partial charge in [0.05, 0.1) is 0 Å². The van der Waals surface area contributed by atoms with E-state index >= 15 is 0 Å². The Balaban J connectivity index is 2.10. The molecule has 6 nitrogen and oxygen atoms in total. The van der Waals surface area contributed by atoms with Crippen LogP contribution in [0, 0.1) is 5.92 Å². The maximum absolute atomic E-state index is 11.2. The van der Waals surface area contributed by atoms with E-state index in [4.69, 9.17) is 5.11 Å². The molecule has 0 saturated heterocycles. The lowest BCUT2D eigenvalue weighted by atomic mass is 9.83. The highest BCUT2D eigenvalue weighted by Crippen LogP contribution is 2.28. The first kappa shape index (κ1) is 13.2. The number of hydrogen-bond acceptors (Lipinski definition) is 3. The van der Waals surface area contributed by atoms with Gasteiger partial charge in [0, 0.05) is 18.7 Å². The monoisotopic (exact) mass is 240 g/mol. The van der Waals surface area contributed by atoms with Crippen LogP contribution in [-0.4, -0.2) is 29.6 Å². The third-order valence-corrected chi connectivity index (χ3v) is 2.68. The number of carbonyl (C=O) groups excluding carboxylic acids is 2. The fourth-order valence-corrected chi connectivity index (χ4v) is 1.52. The van der Waals surface area contributed by atoms with Crippen molar-refractivity contribution < 1.29 is 19.5 Å². The standard InChI is InChI=1S/C11H16N2O4/c14-9(4-5-10(15)16)13-11(17)12-7-6-8-2-1-3-8/h4-5,8H,1-3,6-7H2,(H,15,16)(H2,12,13,14,17)/b5-4+. The third-order valence-electron chi connectivity index (χ3n) is 2.68. The molecule has 3 amide bonds. The summed E-state index contributed by atoms with van der Waals surface area (Å²) in [6, 6.07) is -0.593. The average Bonchev–Trinajstić information content (AvgIpc) is 2.18. The van der Waals surface area contributed by atoms with Crippen LogP contribution in [-0.2, 0) is 9.59 Å². The van der Waals surface area contributed by atoms with Crippen LogP contribution < -0.4 is 10.6 Å². The zero-order chi connectivity index (χ0) is 12.7. The number of hydrogen-bond donors (Lipinski definition) is 3. The summed E-state index contributed by atoms with van der Waals surface area (Å²) in [5.74, 6) is -1.28. The number of carbonyl (C=O) groups is 3. The van der Waals surface area contributed by atoms with Gasteiger partial charge in [0.15, 0.2) is 0 Å². The molecular weight excluding hydrogens is 224 g/mol. The van der Waals surface area contributed by atoms with E-state index in [1.165, 1.54) is 19.3 Å². The Morgan fingerprint density at radius 3 is 2.47 bits per heavy atom. The summed E-state index contributed by atoms with van der Waals surface area (Å²) in [5.41, 5.74) is 0. The van der Waals surface area contributed by atoms with Crippen molar-refractivity contribution in [1.82, 2.24) is 10.6 Å². The first-order chi connectivity index (χ1) is 8.08. The van der Waals surface area contributed by atoms with E-state index in [1.807, 2.05) is 5.32 Å². The molecule has 94 valence electrons. The normalized spacial score (nSPS) is 15.3. The quantitative estimate of drug-likeness (QED) is 0.614. The summed E-state index contributed by atoms with van der Waals surface area (Å²) in [5, 5.41) is 12.8. The summed E-state index contributed by atoms with van der Waals surface area (Å²) in [4.78, 5) is 32.3. The highest BCUT2D eigenvalue weighted by atomic mass is 16.4. The van der Waals surface area contributed by atoms with Gasteiger partial charge in [-0.1, -0.05) is 19.3 Å². The van der Waals surface area contributed by atoms with E-state index in [-0.39, 0.29) is 0 Å². The van der Waals surface area contributed by atoms with E-state index < -0.39 is 17.9 Å². The van der Waals surface area contributed by atoms with Crippen LogP contribution in [0.15, 0.2) is 12.2 Å². The number of rotatable bonds is 5. The second-order valence-corrected chi connectivity index (χ2v) is 4.00. The molecule has 0 heterocycles. The SMILES string of the molecule is O=C(O)/C=C/C(=O)NC(=O)NCCC1CCC1. The third kappa shape index (κ3) is 5.70. The van der Waals surface area contributed by atoms with Crippen LogP contribution in [0.25, 0.3) is 0 Å². The minimum absolute atomic E-state index is 0.534. The Kier molecular flexibility index (Phi) is 5.19. The first-order valence-electron chi connectivity index (χ1n) is 5.57. The van der Waals surface area contributed by atoms with Crippen molar-refractivity contribution in [2.45, 2.75) is 25.7 Å².